The van der Waals surface area contributed by atoms with Gasteiger partial charge in [0.15, 0.2) is 0 Å². The number of hydrogen-bond acceptors (Lipinski definition) is 6. The van der Waals surface area contributed by atoms with Crippen LogP contribution in [0.4, 0.5) is 11.8 Å². The maximum Gasteiger partial charge on any atom is 0.236 e. The molecule has 0 saturated heterocycles. The van der Waals surface area contributed by atoms with Gasteiger partial charge >= 0.3 is 0 Å². The highest BCUT2D eigenvalue weighted by Gasteiger charge is 2.25. The van der Waals surface area contributed by atoms with Gasteiger partial charge < -0.3 is 4.90 Å². The predicted octanol–water partition coefficient (Wildman–Crippen LogP) is 3.35. The maximum atomic E-state index is 6.41. The van der Waals surface area contributed by atoms with Crippen LogP contribution in [0.2, 0.25) is 5.15 Å². The lowest BCUT2D eigenvalue weighted by atomic mass is 9.88. The molecule has 0 aliphatic carbocycles. The van der Waals surface area contributed by atoms with Crippen LogP contribution in [0.3, 0.4) is 0 Å². The van der Waals surface area contributed by atoms with E-state index >= 15 is 0 Å². The summed E-state index contributed by atoms with van der Waals surface area (Å²) in [6.07, 6.45) is 3.69. The number of aryl methyl sites for hydroxylation is 1. The number of hydrogen-bond donors (Lipinski definition) is 1. The third-order valence-electron chi connectivity index (χ3n) is 2.96. The zero-order chi connectivity index (χ0) is 16.5. The van der Waals surface area contributed by atoms with Crippen LogP contribution in [0.15, 0.2) is 17.3 Å². The molecule has 6 nitrogen and oxygen atoms in total. The average molecular weight is 341 g/mol. The molecule has 0 bridgehead atoms. The van der Waals surface area contributed by atoms with Crippen molar-refractivity contribution in [1.29, 1.82) is 0 Å². The molecule has 0 fully saturated rings. The number of rotatable bonds is 4. The fourth-order valence-electron chi connectivity index (χ4n) is 1.99. The van der Waals surface area contributed by atoms with Crippen LogP contribution in [0.1, 0.15) is 26.3 Å². The third kappa shape index (κ3) is 3.84. The van der Waals surface area contributed by atoms with Gasteiger partial charge in [-0.15, -0.1) is 0 Å². The van der Waals surface area contributed by atoms with Crippen molar-refractivity contribution in [3.8, 4) is 0 Å². The monoisotopic (exact) mass is 340 g/mol. The molecule has 8 heteroatoms. The molecular formula is C14H21ClN6S. The van der Waals surface area contributed by atoms with E-state index < -0.39 is 0 Å². The topological polar surface area (TPSA) is 58.9 Å². The lowest BCUT2D eigenvalue weighted by Crippen LogP contribution is -2.22. The van der Waals surface area contributed by atoms with Crippen molar-refractivity contribution in [2.24, 2.45) is 7.05 Å². The molecule has 0 aliphatic heterocycles. The Labute approximate surface area is 140 Å². The van der Waals surface area contributed by atoms with Crippen molar-refractivity contribution in [1.82, 2.24) is 19.7 Å². The number of anilines is 2. The number of halogens is 1. The summed E-state index contributed by atoms with van der Waals surface area (Å²) in [6.45, 7) is 6.30. The maximum absolute atomic E-state index is 6.41. The molecule has 0 amide bonds. The first-order chi connectivity index (χ1) is 10.2. The van der Waals surface area contributed by atoms with Crippen molar-refractivity contribution < 1.29 is 0 Å². The van der Waals surface area contributed by atoms with Crippen LogP contribution >= 0.6 is 23.5 Å². The van der Waals surface area contributed by atoms with Crippen LogP contribution in [0, 0.1) is 0 Å². The van der Waals surface area contributed by atoms with Crippen molar-refractivity contribution in [3.05, 3.63) is 23.1 Å². The van der Waals surface area contributed by atoms with Crippen molar-refractivity contribution in [2.75, 3.05) is 23.7 Å². The first-order valence-corrected chi connectivity index (χ1v) is 8.05. The molecule has 1 N–H and O–H groups in total. The SMILES string of the molecule is CN(C)c1nc(NSc2cnn(C)c2)nc(Cl)c1C(C)(C)C. The van der Waals surface area contributed by atoms with Gasteiger partial charge in [0.2, 0.25) is 5.95 Å². The summed E-state index contributed by atoms with van der Waals surface area (Å²) in [7, 11) is 5.78. The lowest BCUT2D eigenvalue weighted by molar-refractivity contribution is 0.584. The van der Waals surface area contributed by atoms with Gasteiger partial charge in [0.25, 0.3) is 0 Å². The van der Waals surface area contributed by atoms with Crippen LogP contribution in [0.5, 0.6) is 0 Å². The minimum atomic E-state index is -0.133. The molecular weight excluding hydrogens is 320 g/mol. The summed E-state index contributed by atoms with van der Waals surface area (Å²) < 4.78 is 4.86. The lowest BCUT2D eigenvalue weighted by Gasteiger charge is -2.26. The Bertz CT molecular complexity index is 662. The van der Waals surface area contributed by atoms with Crippen molar-refractivity contribution in [3.63, 3.8) is 0 Å². The van der Waals surface area contributed by atoms with E-state index in [2.05, 4.69) is 40.6 Å². The van der Waals surface area contributed by atoms with Gasteiger partial charge in [0.05, 0.1) is 11.1 Å². The zero-order valence-electron chi connectivity index (χ0n) is 13.7. The average Bonchev–Trinajstić information content (AvgIpc) is 2.79. The Morgan fingerprint density at radius 2 is 1.95 bits per heavy atom. The second-order valence-electron chi connectivity index (χ2n) is 6.23. The van der Waals surface area contributed by atoms with Gasteiger partial charge in [-0.05, 0) is 17.4 Å². The second kappa shape index (κ2) is 6.34. The standard InChI is InChI=1S/C14H21ClN6S/c1-14(2,3)10-11(15)17-13(18-12(10)20(4)5)19-22-9-7-16-21(6)8-9/h7-8H,1-6H3,(H,17,18,19). The Morgan fingerprint density at radius 3 is 2.45 bits per heavy atom. The van der Waals surface area contributed by atoms with Gasteiger partial charge in [-0.25, -0.2) is 0 Å². The molecule has 22 heavy (non-hydrogen) atoms. The quantitative estimate of drug-likeness (QED) is 0.680. The first kappa shape index (κ1) is 16.9. The first-order valence-electron chi connectivity index (χ1n) is 6.85. The summed E-state index contributed by atoms with van der Waals surface area (Å²) in [4.78, 5) is 11.9. The van der Waals surface area contributed by atoms with E-state index in [0.717, 1.165) is 16.3 Å². The minimum Gasteiger partial charge on any atom is -0.362 e. The molecule has 0 unspecified atom stereocenters. The van der Waals surface area contributed by atoms with Gasteiger partial charge in [-0.3, -0.25) is 9.40 Å². The molecule has 2 aromatic rings. The van der Waals surface area contributed by atoms with Gasteiger partial charge in [-0.2, -0.15) is 15.1 Å². The molecule has 0 aliphatic rings. The highest BCUT2D eigenvalue weighted by molar-refractivity contribution is 8.00. The summed E-state index contributed by atoms with van der Waals surface area (Å²) >= 11 is 7.81. The molecule has 0 saturated carbocycles. The number of nitrogens with one attached hydrogen (secondary N) is 1. The van der Waals surface area contributed by atoms with E-state index in [-0.39, 0.29) is 5.41 Å². The van der Waals surface area contributed by atoms with E-state index in [1.165, 1.54) is 11.9 Å². The zero-order valence-corrected chi connectivity index (χ0v) is 15.2. The normalized spacial score (nSPS) is 11.6. The molecule has 0 radical (unpaired) electrons. The molecule has 2 rings (SSSR count). The highest BCUT2D eigenvalue weighted by Crippen LogP contribution is 2.36. The van der Waals surface area contributed by atoms with Crippen molar-refractivity contribution >= 4 is 35.3 Å². The van der Waals surface area contributed by atoms with Gasteiger partial charge in [0, 0.05) is 32.9 Å². The van der Waals surface area contributed by atoms with Gasteiger partial charge in [-0.1, -0.05) is 32.4 Å². The summed E-state index contributed by atoms with van der Waals surface area (Å²) in [5.74, 6) is 1.30. The summed E-state index contributed by atoms with van der Waals surface area (Å²) in [6, 6.07) is 0. The van der Waals surface area contributed by atoms with E-state index in [4.69, 9.17) is 11.6 Å². The van der Waals surface area contributed by atoms with Crippen LogP contribution in [0.25, 0.3) is 0 Å². The third-order valence-corrected chi connectivity index (χ3v) is 3.97. The van der Waals surface area contributed by atoms with E-state index in [1.807, 2.05) is 32.2 Å². The minimum absolute atomic E-state index is 0.133. The summed E-state index contributed by atoms with van der Waals surface area (Å²) in [5.41, 5.74) is 0.808. The Balaban J connectivity index is 2.30. The fraction of sp³-hybridized carbons (Fsp3) is 0.500. The van der Waals surface area contributed by atoms with Crippen LogP contribution in [-0.4, -0.2) is 33.8 Å². The number of nitrogens with zero attached hydrogens (tertiary/aromatic N) is 5. The van der Waals surface area contributed by atoms with Crippen molar-refractivity contribution in [2.45, 2.75) is 31.1 Å². The van der Waals surface area contributed by atoms with E-state index in [0.29, 0.717) is 11.1 Å². The second-order valence-corrected chi connectivity index (χ2v) is 7.47. The molecule has 0 spiro atoms. The summed E-state index contributed by atoms with van der Waals surface area (Å²) in [5, 5.41) is 4.59. The predicted molar refractivity (Wildman–Crippen MR) is 92.8 cm³/mol. The largest absolute Gasteiger partial charge is 0.362 e. The molecule has 0 aromatic carbocycles. The number of aromatic nitrogens is 4. The van der Waals surface area contributed by atoms with E-state index in [1.54, 1.807) is 10.9 Å². The van der Waals surface area contributed by atoms with Crippen LogP contribution < -0.4 is 9.62 Å². The Kier molecular flexibility index (Phi) is 4.87. The fourth-order valence-corrected chi connectivity index (χ4v) is 3.05. The molecule has 0 atom stereocenters. The van der Waals surface area contributed by atoms with Gasteiger partial charge in [0.1, 0.15) is 11.0 Å². The smallest absolute Gasteiger partial charge is 0.236 e. The van der Waals surface area contributed by atoms with E-state index in [9.17, 15) is 0 Å². The molecule has 2 aromatic heterocycles. The Morgan fingerprint density at radius 1 is 1.27 bits per heavy atom. The Hall–Kier alpha value is -1.47. The molecule has 120 valence electrons. The highest BCUT2D eigenvalue weighted by atomic mass is 35.5. The molecule has 2 heterocycles. The van der Waals surface area contributed by atoms with Crippen LogP contribution in [-0.2, 0) is 12.5 Å².